The van der Waals surface area contributed by atoms with Crippen molar-refractivity contribution in [3.05, 3.63) is 70.6 Å². The van der Waals surface area contributed by atoms with Gasteiger partial charge in [-0.15, -0.1) is 0 Å². The second-order valence-corrected chi connectivity index (χ2v) is 9.58. The van der Waals surface area contributed by atoms with E-state index in [2.05, 4.69) is 25.1 Å². The summed E-state index contributed by atoms with van der Waals surface area (Å²) < 4.78 is 29.3. The van der Waals surface area contributed by atoms with Crippen molar-refractivity contribution in [2.45, 2.75) is 25.7 Å². The SMILES string of the molecule is Cc1nc(NCCNS(=O)(=O)c2ccc(Cl)cc2)c2c(C)nn(-c3ccccc3C)c2n1. The zero-order valence-corrected chi connectivity index (χ0v) is 19.5. The van der Waals surface area contributed by atoms with Crippen LogP contribution in [0.15, 0.2) is 53.4 Å². The molecule has 8 nitrogen and oxygen atoms in total. The number of anilines is 1. The number of rotatable bonds is 7. The van der Waals surface area contributed by atoms with Crippen molar-refractivity contribution in [2.75, 3.05) is 18.4 Å². The molecule has 166 valence electrons. The molecule has 4 rings (SSSR count). The summed E-state index contributed by atoms with van der Waals surface area (Å²) in [6.07, 6.45) is 0. The first-order valence-corrected chi connectivity index (χ1v) is 11.9. The summed E-state index contributed by atoms with van der Waals surface area (Å²) in [7, 11) is -3.62. The van der Waals surface area contributed by atoms with Crippen LogP contribution in [0.5, 0.6) is 0 Å². The van der Waals surface area contributed by atoms with E-state index in [9.17, 15) is 8.42 Å². The first kappa shape index (κ1) is 22.2. The fourth-order valence-electron chi connectivity index (χ4n) is 3.45. The Bertz CT molecular complexity index is 1380. The first-order chi connectivity index (χ1) is 15.3. The highest BCUT2D eigenvalue weighted by Crippen LogP contribution is 2.27. The average molecular weight is 471 g/mol. The third kappa shape index (κ3) is 4.45. The Hall–Kier alpha value is -3.01. The zero-order valence-electron chi connectivity index (χ0n) is 17.9. The average Bonchev–Trinajstić information content (AvgIpc) is 3.08. The molecule has 0 aliphatic carbocycles. The highest BCUT2D eigenvalue weighted by molar-refractivity contribution is 7.89. The molecular weight excluding hydrogens is 448 g/mol. The van der Waals surface area contributed by atoms with Crippen LogP contribution in [0.4, 0.5) is 5.82 Å². The van der Waals surface area contributed by atoms with E-state index in [1.165, 1.54) is 12.1 Å². The summed E-state index contributed by atoms with van der Waals surface area (Å²) in [5.74, 6) is 1.21. The summed E-state index contributed by atoms with van der Waals surface area (Å²) in [6.45, 7) is 6.27. The van der Waals surface area contributed by atoms with Crippen molar-refractivity contribution in [1.29, 1.82) is 0 Å². The Morgan fingerprint density at radius 1 is 0.969 bits per heavy atom. The highest BCUT2D eigenvalue weighted by atomic mass is 35.5. The molecule has 2 aromatic carbocycles. The number of hydrogen-bond acceptors (Lipinski definition) is 6. The maximum atomic E-state index is 12.4. The van der Waals surface area contributed by atoms with E-state index in [-0.39, 0.29) is 11.4 Å². The van der Waals surface area contributed by atoms with Crippen molar-refractivity contribution >= 4 is 38.5 Å². The van der Waals surface area contributed by atoms with Gasteiger partial charge in [-0.1, -0.05) is 29.8 Å². The quantitative estimate of drug-likeness (QED) is 0.398. The number of aryl methyl sites for hydroxylation is 3. The van der Waals surface area contributed by atoms with E-state index < -0.39 is 10.0 Å². The van der Waals surface area contributed by atoms with Crippen molar-refractivity contribution in [3.8, 4) is 5.69 Å². The van der Waals surface area contributed by atoms with Crippen LogP contribution in [0.2, 0.25) is 5.02 Å². The second kappa shape index (κ2) is 8.85. The third-order valence-electron chi connectivity index (χ3n) is 4.99. The molecule has 0 amide bonds. The molecule has 0 fully saturated rings. The van der Waals surface area contributed by atoms with Crippen LogP contribution in [0.3, 0.4) is 0 Å². The Morgan fingerprint density at radius 3 is 2.41 bits per heavy atom. The Balaban J connectivity index is 1.55. The predicted octanol–water partition coefficient (Wildman–Crippen LogP) is 3.78. The van der Waals surface area contributed by atoms with Gasteiger partial charge in [0.05, 0.1) is 21.7 Å². The summed E-state index contributed by atoms with van der Waals surface area (Å²) in [6, 6.07) is 14.0. The maximum absolute atomic E-state index is 12.4. The van der Waals surface area contributed by atoms with E-state index in [4.69, 9.17) is 11.6 Å². The number of halogens is 1. The largest absolute Gasteiger partial charge is 0.368 e. The number of hydrogen-bond donors (Lipinski definition) is 2. The van der Waals surface area contributed by atoms with Gasteiger partial charge in [-0.05, 0) is 56.7 Å². The summed E-state index contributed by atoms with van der Waals surface area (Å²) >= 11 is 5.83. The molecule has 2 aromatic heterocycles. The van der Waals surface area contributed by atoms with Crippen molar-refractivity contribution < 1.29 is 8.42 Å². The number of para-hydroxylation sites is 1. The molecule has 0 saturated carbocycles. The number of nitrogens with one attached hydrogen (secondary N) is 2. The molecular formula is C22H23ClN6O2S. The van der Waals surface area contributed by atoms with Crippen LogP contribution in [0, 0.1) is 20.8 Å². The van der Waals surface area contributed by atoms with Gasteiger partial charge in [0.2, 0.25) is 10.0 Å². The van der Waals surface area contributed by atoms with E-state index in [0.29, 0.717) is 28.9 Å². The molecule has 0 bridgehead atoms. The van der Waals surface area contributed by atoms with Gasteiger partial charge in [-0.2, -0.15) is 5.10 Å². The van der Waals surface area contributed by atoms with E-state index in [0.717, 1.165) is 22.3 Å². The smallest absolute Gasteiger partial charge is 0.240 e. The Kier molecular flexibility index (Phi) is 6.14. The van der Waals surface area contributed by atoms with Gasteiger partial charge in [-0.3, -0.25) is 0 Å². The molecule has 0 atom stereocenters. The number of fused-ring (bicyclic) bond motifs is 1. The lowest BCUT2D eigenvalue weighted by Gasteiger charge is -2.11. The molecule has 2 heterocycles. The summed E-state index contributed by atoms with van der Waals surface area (Å²) in [4.78, 5) is 9.31. The standard InChI is InChI=1S/C22H23ClN6O2S/c1-14-6-4-5-7-19(14)29-22-20(15(2)28-29)21(26-16(3)27-22)24-12-13-25-32(30,31)18-10-8-17(23)9-11-18/h4-11,25H,12-13H2,1-3H3,(H,24,26,27). The molecule has 0 aliphatic heterocycles. The van der Waals surface area contributed by atoms with Crippen LogP contribution in [0.25, 0.3) is 16.7 Å². The summed E-state index contributed by atoms with van der Waals surface area (Å²) in [5, 5.41) is 9.20. The van der Waals surface area contributed by atoms with Crippen molar-refractivity contribution in [1.82, 2.24) is 24.5 Å². The van der Waals surface area contributed by atoms with E-state index >= 15 is 0 Å². The Morgan fingerprint density at radius 2 is 1.69 bits per heavy atom. The minimum absolute atomic E-state index is 0.164. The monoisotopic (exact) mass is 470 g/mol. The lowest BCUT2D eigenvalue weighted by atomic mass is 10.2. The maximum Gasteiger partial charge on any atom is 0.240 e. The fraction of sp³-hybridized carbons (Fsp3) is 0.227. The van der Waals surface area contributed by atoms with E-state index in [1.54, 1.807) is 12.1 Å². The molecule has 0 radical (unpaired) electrons. The fourth-order valence-corrected chi connectivity index (χ4v) is 4.61. The molecule has 2 N–H and O–H groups in total. The van der Waals surface area contributed by atoms with Crippen LogP contribution in [0.1, 0.15) is 17.1 Å². The molecule has 0 unspecified atom stereocenters. The predicted molar refractivity (Wildman–Crippen MR) is 126 cm³/mol. The van der Waals surface area contributed by atoms with Crippen molar-refractivity contribution in [3.63, 3.8) is 0 Å². The van der Waals surface area contributed by atoms with Crippen LogP contribution < -0.4 is 10.0 Å². The molecule has 0 spiro atoms. The minimum atomic E-state index is -3.62. The zero-order chi connectivity index (χ0) is 22.9. The first-order valence-electron chi connectivity index (χ1n) is 10.1. The van der Waals surface area contributed by atoms with Gasteiger partial charge in [0.15, 0.2) is 5.65 Å². The van der Waals surface area contributed by atoms with Crippen LogP contribution >= 0.6 is 11.6 Å². The van der Waals surface area contributed by atoms with Gasteiger partial charge in [0.25, 0.3) is 0 Å². The second-order valence-electron chi connectivity index (χ2n) is 7.38. The number of aromatic nitrogens is 4. The lowest BCUT2D eigenvalue weighted by molar-refractivity contribution is 0.583. The van der Waals surface area contributed by atoms with E-state index in [1.807, 2.05) is 49.7 Å². The topological polar surface area (TPSA) is 102 Å². The Labute approximate surface area is 191 Å². The lowest BCUT2D eigenvalue weighted by Crippen LogP contribution is -2.29. The van der Waals surface area contributed by atoms with Gasteiger partial charge >= 0.3 is 0 Å². The van der Waals surface area contributed by atoms with Gasteiger partial charge < -0.3 is 5.32 Å². The number of nitrogens with zero attached hydrogens (tertiary/aromatic N) is 4. The number of benzene rings is 2. The summed E-state index contributed by atoms with van der Waals surface area (Å²) in [5.41, 5.74) is 3.52. The van der Waals surface area contributed by atoms with Gasteiger partial charge in [0.1, 0.15) is 11.6 Å². The number of sulfonamides is 1. The minimum Gasteiger partial charge on any atom is -0.368 e. The molecule has 4 aromatic rings. The molecule has 0 saturated heterocycles. The van der Waals surface area contributed by atoms with Crippen LogP contribution in [-0.4, -0.2) is 41.3 Å². The van der Waals surface area contributed by atoms with Gasteiger partial charge in [-0.25, -0.2) is 27.8 Å². The highest BCUT2D eigenvalue weighted by Gasteiger charge is 2.18. The molecule has 10 heteroatoms. The molecule has 0 aliphatic rings. The van der Waals surface area contributed by atoms with Crippen molar-refractivity contribution in [2.24, 2.45) is 0 Å². The normalized spacial score (nSPS) is 11.8. The van der Waals surface area contributed by atoms with Gasteiger partial charge in [0, 0.05) is 18.1 Å². The molecule has 32 heavy (non-hydrogen) atoms. The van der Waals surface area contributed by atoms with Crippen LogP contribution in [-0.2, 0) is 10.0 Å². The third-order valence-corrected chi connectivity index (χ3v) is 6.72.